The molecule has 6 aromatic rings. The zero-order valence-corrected chi connectivity index (χ0v) is 38.0. The number of unbranched alkanes of at least 4 members (excludes halogenated alkanes) is 4. The van der Waals surface area contributed by atoms with Gasteiger partial charge in [-0.05, 0) is 46.2 Å². The third-order valence-electron chi connectivity index (χ3n) is 11.6. The Kier molecular flexibility index (Phi) is 18.6. The standard InChI is InChI=1S/2C27H29O.2CH3.Al.Li/c2*1-3-5-9-22-26(4-2)28-27(23-16-10-6-11-17-23,24-18-12-7-13-19-24)25-20-14-8-15-21-25;;;;/h2*2,4,6-8,10-21,26H,3,5,9,22H2,1H3;2*1H3;;/q;;;;-1;+1. The van der Waals surface area contributed by atoms with Crippen LogP contribution >= 0.6 is 0 Å². The van der Waals surface area contributed by atoms with Gasteiger partial charge in [-0.15, -0.1) is 12.2 Å². The molecule has 0 spiro atoms. The molecule has 0 saturated heterocycles. The molecular formula is C56H64AlLiO2. The van der Waals surface area contributed by atoms with Crippen molar-refractivity contribution in [3.8, 4) is 0 Å². The van der Waals surface area contributed by atoms with Crippen LogP contribution in [-0.2, 0) is 20.7 Å². The summed E-state index contributed by atoms with van der Waals surface area (Å²) in [6, 6.07) is 64.7. The zero-order valence-electron chi connectivity index (χ0n) is 36.8. The molecule has 0 aromatic heterocycles. The van der Waals surface area contributed by atoms with Gasteiger partial charge in [0, 0.05) is 0 Å². The summed E-state index contributed by atoms with van der Waals surface area (Å²) in [6.45, 7) is 4.55. The van der Waals surface area contributed by atoms with Gasteiger partial charge < -0.3 is 9.47 Å². The van der Waals surface area contributed by atoms with Crippen molar-refractivity contribution in [3.05, 3.63) is 237 Å². The summed E-state index contributed by atoms with van der Waals surface area (Å²) in [5.74, 6) is 4.92. The molecule has 0 radical (unpaired) electrons. The molecule has 0 aliphatic carbocycles. The van der Waals surface area contributed by atoms with E-state index in [1.54, 1.807) is 0 Å². The summed E-state index contributed by atoms with van der Waals surface area (Å²) < 4.78 is 15.3. The summed E-state index contributed by atoms with van der Waals surface area (Å²) in [7, 11) is 0. The average molecular weight is 803 g/mol. The fraction of sp³-hybridized carbons (Fsp3) is 0.286. The molecular weight excluding hydrogens is 739 g/mol. The second-order valence-corrected chi connectivity index (χ2v) is 21.7. The Labute approximate surface area is 376 Å². The quantitative estimate of drug-likeness (QED) is 0.0387. The topological polar surface area (TPSA) is 18.5 Å². The smallest absolute Gasteiger partial charge is 0.354 e. The van der Waals surface area contributed by atoms with Gasteiger partial charge >= 0.3 is 18.9 Å². The van der Waals surface area contributed by atoms with Gasteiger partial charge in [-0.25, -0.2) is 0 Å². The summed E-state index contributed by atoms with van der Waals surface area (Å²) in [5, 5.41) is 0. The van der Waals surface area contributed by atoms with E-state index in [9.17, 15) is 0 Å². The number of ether oxygens (including phenoxy) is 2. The van der Waals surface area contributed by atoms with E-state index in [1.807, 2.05) is 0 Å². The Morgan fingerprint density at radius 2 is 0.633 bits per heavy atom. The van der Waals surface area contributed by atoms with Crippen LogP contribution in [0.5, 0.6) is 0 Å². The van der Waals surface area contributed by atoms with Crippen molar-refractivity contribution in [2.75, 3.05) is 0 Å². The third-order valence-corrected chi connectivity index (χ3v) is 14.0. The molecule has 0 saturated carbocycles. The monoisotopic (exact) mass is 802 g/mol. The van der Waals surface area contributed by atoms with Crippen LogP contribution in [0.1, 0.15) is 98.6 Å². The number of benzene rings is 6. The predicted octanol–water partition coefficient (Wildman–Crippen LogP) is 11.8. The van der Waals surface area contributed by atoms with E-state index >= 15 is 0 Å². The van der Waals surface area contributed by atoms with Crippen molar-refractivity contribution in [2.45, 2.75) is 100 Å². The van der Waals surface area contributed by atoms with E-state index in [0.717, 1.165) is 71.9 Å². The average Bonchev–Trinajstić information content (AvgIpc) is 3.30. The van der Waals surface area contributed by atoms with Gasteiger partial charge in [0.15, 0.2) is 13.1 Å². The van der Waals surface area contributed by atoms with Gasteiger partial charge in [0.05, 0.1) is 12.2 Å². The van der Waals surface area contributed by atoms with E-state index < -0.39 is 24.3 Å². The van der Waals surface area contributed by atoms with Crippen molar-refractivity contribution in [3.63, 3.8) is 0 Å². The molecule has 0 aliphatic heterocycles. The minimum atomic E-state index is -2.43. The molecule has 0 bridgehead atoms. The van der Waals surface area contributed by atoms with Crippen LogP contribution in [0, 0.1) is 0 Å². The Morgan fingerprint density at radius 3 is 0.850 bits per heavy atom. The van der Waals surface area contributed by atoms with Crippen LogP contribution < -0.4 is 18.9 Å². The molecule has 304 valence electrons. The number of hydrogen-bond donors (Lipinski definition) is 0. The Hall–Kier alpha value is -4.15. The molecule has 2 atom stereocenters. The van der Waals surface area contributed by atoms with E-state index in [4.69, 9.17) is 9.47 Å². The zero-order chi connectivity index (χ0) is 41.2. The molecule has 0 amide bonds. The van der Waals surface area contributed by atoms with Crippen molar-refractivity contribution in [1.82, 2.24) is 0 Å². The molecule has 4 heteroatoms. The van der Waals surface area contributed by atoms with Gasteiger partial charge in [0.25, 0.3) is 0 Å². The number of hydrogen-bond acceptors (Lipinski definition) is 2. The van der Waals surface area contributed by atoms with Gasteiger partial charge in [-0.3, -0.25) is 9.88 Å². The molecule has 0 heterocycles. The predicted molar refractivity (Wildman–Crippen MR) is 252 cm³/mol. The van der Waals surface area contributed by atoms with Crippen LogP contribution in [0.3, 0.4) is 0 Å². The second-order valence-electron chi connectivity index (χ2n) is 16.7. The molecule has 60 heavy (non-hydrogen) atoms. The first-order valence-corrected chi connectivity index (χ1v) is 25.9. The first-order valence-electron chi connectivity index (χ1n) is 22.2. The molecule has 2 unspecified atom stereocenters. The Bertz CT molecular complexity index is 1770. The summed E-state index contributed by atoms with van der Waals surface area (Å²) >= 11 is -2.43. The van der Waals surface area contributed by atoms with Crippen LogP contribution in [0.2, 0.25) is 11.6 Å². The van der Waals surface area contributed by atoms with Gasteiger partial charge in [-0.1, -0.05) is 234 Å². The Balaban J connectivity index is 0.00000683. The second kappa shape index (κ2) is 23.7. The van der Waals surface area contributed by atoms with Crippen LogP contribution in [0.15, 0.2) is 204 Å². The summed E-state index contributed by atoms with van der Waals surface area (Å²) in [6.07, 6.45) is 13.4. The first-order chi connectivity index (χ1) is 28.9. The van der Waals surface area contributed by atoms with E-state index in [0.29, 0.717) is 0 Å². The molecule has 6 aromatic carbocycles. The molecule has 2 nitrogen and oxygen atoms in total. The molecule has 0 aliphatic rings. The van der Waals surface area contributed by atoms with Crippen molar-refractivity contribution >= 4 is 13.1 Å². The summed E-state index contributed by atoms with van der Waals surface area (Å²) in [5.41, 5.74) is 5.26. The SMILES string of the molecule is CCCCCC(/C=[CH]/[Al-]([CH3])([CH3])/[CH]=C/C(CCCCC)OC(c1ccccc1)(c1ccccc1)c1ccccc1)OC(c1ccccc1)(c1ccccc1)c1ccccc1.[Li+]. The largest absolute Gasteiger partial charge is 1.00 e. The van der Waals surface area contributed by atoms with Gasteiger partial charge in [0.2, 0.25) is 0 Å². The third kappa shape index (κ3) is 12.0. The maximum Gasteiger partial charge on any atom is 1.00 e. The summed E-state index contributed by atoms with van der Waals surface area (Å²) in [4.78, 5) is 5.04. The van der Waals surface area contributed by atoms with Crippen LogP contribution in [0.4, 0.5) is 0 Å². The van der Waals surface area contributed by atoms with E-state index in [-0.39, 0.29) is 31.1 Å². The van der Waals surface area contributed by atoms with Crippen LogP contribution in [0.25, 0.3) is 0 Å². The molecule has 0 fully saturated rings. The maximum absolute atomic E-state index is 7.63. The van der Waals surface area contributed by atoms with E-state index in [1.165, 1.54) is 12.8 Å². The van der Waals surface area contributed by atoms with Crippen molar-refractivity contribution in [1.29, 1.82) is 0 Å². The van der Waals surface area contributed by atoms with E-state index in [2.05, 4.69) is 229 Å². The molecule has 0 N–H and O–H groups in total. The Morgan fingerprint density at radius 1 is 0.400 bits per heavy atom. The minimum Gasteiger partial charge on any atom is -0.354 e. The van der Waals surface area contributed by atoms with Crippen molar-refractivity contribution in [2.24, 2.45) is 0 Å². The normalized spacial score (nSPS) is 13.3. The fourth-order valence-electron chi connectivity index (χ4n) is 8.36. The van der Waals surface area contributed by atoms with Crippen molar-refractivity contribution < 1.29 is 28.3 Å². The molecule has 6 rings (SSSR count). The fourth-order valence-corrected chi connectivity index (χ4v) is 10.1. The first kappa shape index (κ1) is 46.9. The minimum absolute atomic E-state index is 0. The van der Waals surface area contributed by atoms with Gasteiger partial charge in [0.1, 0.15) is 11.2 Å². The van der Waals surface area contributed by atoms with Crippen LogP contribution in [-0.4, -0.2) is 25.3 Å². The number of rotatable bonds is 22. The van der Waals surface area contributed by atoms with Gasteiger partial charge in [-0.2, -0.15) is 11.6 Å². The maximum atomic E-state index is 7.63.